The average Bonchev–Trinajstić information content (AvgIpc) is 3.58. The van der Waals surface area contributed by atoms with E-state index in [1.807, 2.05) is 35.0 Å². The maximum Gasteiger partial charge on any atom is 0.254 e. The van der Waals surface area contributed by atoms with Gasteiger partial charge in [0.15, 0.2) is 0 Å². The lowest BCUT2D eigenvalue weighted by Gasteiger charge is -2.38. The first-order valence-corrected chi connectivity index (χ1v) is 11.9. The van der Waals surface area contributed by atoms with E-state index in [-0.39, 0.29) is 35.6 Å². The zero-order chi connectivity index (χ0) is 23.4. The number of fused-ring (bicyclic) bond motifs is 3. The van der Waals surface area contributed by atoms with E-state index in [4.69, 9.17) is 0 Å². The molecule has 0 saturated carbocycles. The van der Waals surface area contributed by atoms with E-state index in [1.54, 1.807) is 16.9 Å². The standard InChI is InChI=1S/C25H27FN6O2/c1-29-22-4-2-17(10-18(22)12-28-29)25(34)32-15-20-11-21(32)14-31(20)24(33)16-6-8-30(9-7-16)23-5-3-19(26)13-27-23/h2-5,10,12-13,16,20-21H,6-9,11,14-15H2,1H3/t20-,21-/m0/s1. The van der Waals surface area contributed by atoms with Gasteiger partial charge in [-0.25, -0.2) is 9.37 Å². The van der Waals surface area contributed by atoms with Crippen molar-refractivity contribution in [2.45, 2.75) is 31.3 Å². The van der Waals surface area contributed by atoms with Crippen LogP contribution in [-0.2, 0) is 11.8 Å². The second kappa shape index (κ2) is 8.07. The highest BCUT2D eigenvalue weighted by Crippen LogP contribution is 2.35. The van der Waals surface area contributed by atoms with Gasteiger partial charge in [-0.15, -0.1) is 0 Å². The Hall–Kier alpha value is -3.49. The van der Waals surface area contributed by atoms with Crippen molar-refractivity contribution in [2.24, 2.45) is 13.0 Å². The van der Waals surface area contributed by atoms with Crippen molar-refractivity contribution in [3.8, 4) is 0 Å². The number of hydrogen-bond donors (Lipinski definition) is 0. The van der Waals surface area contributed by atoms with E-state index < -0.39 is 0 Å². The number of anilines is 1. The van der Waals surface area contributed by atoms with Gasteiger partial charge < -0.3 is 14.7 Å². The first kappa shape index (κ1) is 21.1. The fourth-order valence-corrected chi connectivity index (χ4v) is 5.79. The Balaban J connectivity index is 1.07. The fraction of sp³-hybridized carbons (Fsp3) is 0.440. The molecule has 34 heavy (non-hydrogen) atoms. The molecule has 5 heterocycles. The molecule has 0 unspecified atom stereocenters. The Labute approximate surface area is 196 Å². The first-order valence-electron chi connectivity index (χ1n) is 11.9. The van der Waals surface area contributed by atoms with Crippen LogP contribution in [0, 0.1) is 11.7 Å². The lowest BCUT2D eigenvalue weighted by molar-refractivity contribution is -0.138. The summed E-state index contributed by atoms with van der Waals surface area (Å²) in [6.45, 7) is 2.68. The summed E-state index contributed by atoms with van der Waals surface area (Å²) in [6, 6.07) is 8.99. The smallest absolute Gasteiger partial charge is 0.254 e. The molecule has 1 aromatic carbocycles. The topological polar surface area (TPSA) is 74.6 Å². The van der Waals surface area contributed by atoms with Crippen LogP contribution in [0.4, 0.5) is 10.2 Å². The number of benzene rings is 1. The third-order valence-electron chi connectivity index (χ3n) is 7.66. The number of aromatic nitrogens is 3. The maximum absolute atomic E-state index is 13.3. The number of pyridine rings is 1. The van der Waals surface area contributed by atoms with E-state index in [9.17, 15) is 14.0 Å². The molecule has 176 valence electrons. The number of carbonyl (C=O) groups is 2. The van der Waals surface area contributed by atoms with Crippen LogP contribution in [0.15, 0.2) is 42.7 Å². The second-order valence-corrected chi connectivity index (χ2v) is 9.63. The Bertz CT molecular complexity index is 1250. The van der Waals surface area contributed by atoms with E-state index in [1.165, 1.54) is 12.3 Å². The first-order chi connectivity index (χ1) is 16.5. The summed E-state index contributed by atoms with van der Waals surface area (Å²) in [7, 11) is 1.89. The lowest BCUT2D eigenvalue weighted by Crippen LogP contribution is -2.53. The summed E-state index contributed by atoms with van der Waals surface area (Å²) in [4.78, 5) is 36.7. The average molecular weight is 463 g/mol. The van der Waals surface area contributed by atoms with Gasteiger partial charge in [-0.2, -0.15) is 5.10 Å². The summed E-state index contributed by atoms with van der Waals surface area (Å²) in [5.41, 5.74) is 1.67. The zero-order valence-corrected chi connectivity index (χ0v) is 19.1. The zero-order valence-electron chi connectivity index (χ0n) is 19.1. The van der Waals surface area contributed by atoms with Crippen LogP contribution < -0.4 is 4.90 Å². The molecule has 3 saturated heterocycles. The quantitative estimate of drug-likeness (QED) is 0.598. The van der Waals surface area contributed by atoms with Gasteiger partial charge in [-0.05, 0) is 49.6 Å². The molecule has 0 spiro atoms. The van der Waals surface area contributed by atoms with Crippen LogP contribution >= 0.6 is 0 Å². The molecule has 0 radical (unpaired) electrons. The fourth-order valence-electron chi connectivity index (χ4n) is 5.79. The molecule has 6 rings (SSSR count). The molecule has 3 fully saturated rings. The van der Waals surface area contributed by atoms with Crippen molar-refractivity contribution in [3.05, 3.63) is 54.1 Å². The van der Waals surface area contributed by atoms with Crippen molar-refractivity contribution in [3.63, 3.8) is 0 Å². The molecule has 3 aliphatic rings. The van der Waals surface area contributed by atoms with Gasteiger partial charge in [-0.1, -0.05) is 0 Å². The van der Waals surface area contributed by atoms with Gasteiger partial charge >= 0.3 is 0 Å². The number of nitrogens with zero attached hydrogens (tertiary/aromatic N) is 6. The highest BCUT2D eigenvalue weighted by Gasteiger charge is 2.48. The Morgan fingerprint density at radius 3 is 2.47 bits per heavy atom. The van der Waals surface area contributed by atoms with E-state index in [2.05, 4.69) is 15.0 Å². The van der Waals surface area contributed by atoms with Crippen LogP contribution in [0.5, 0.6) is 0 Å². The molecular weight excluding hydrogens is 435 g/mol. The highest BCUT2D eigenvalue weighted by molar-refractivity contribution is 5.98. The second-order valence-electron chi connectivity index (χ2n) is 9.63. The molecule has 2 aromatic heterocycles. The molecule has 2 atom stereocenters. The van der Waals surface area contributed by atoms with Crippen molar-refractivity contribution < 1.29 is 14.0 Å². The molecular formula is C25H27FN6O2. The van der Waals surface area contributed by atoms with Gasteiger partial charge in [0.2, 0.25) is 5.91 Å². The van der Waals surface area contributed by atoms with E-state index >= 15 is 0 Å². The largest absolute Gasteiger partial charge is 0.357 e. The monoisotopic (exact) mass is 462 g/mol. The highest BCUT2D eigenvalue weighted by atomic mass is 19.1. The maximum atomic E-state index is 13.3. The molecule has 3 aromatic rings. The minimum Gasteiger partial charge on any atom is -0.357 e. The van der Waals surface area contributed by atoms with Gasteiger partial charge in [0, 0.05) is 50.1 Å². The number of rotatable bonds is 3. The summed E-state index contributed by atoms with van der Waals surface area (Å²) >= 11 is 0. The summed E-state index contributed by atoms with van der Waals surface area (Å²) in [6.07, 6.45) is 5.39. The van der Waals surface area contributed by atoms with Crippen LogP contribution in [-0.4, -0.2) is 74.6 Å². The summed E-state index contributed by atoms with van der Waals surface area (Å²) in [5.74, 6) is 0.649. The normalized spacial score (nSPS) is 22.7. The molecule has 8 nitrogen and oxygen atoms in total. The Morgan fingerprint density at radius 2 is 1.76 bits per heavy atom. The minimum atomic E-state index is -0.344. The number of carbonyl (C=O) groups excluding carboxylic acids is 2. The number of halogens is 1. The number of amides is 2. The molecule has 0 aliphatic carbocycles. The van der Waals surface area contributed by atoms with Gasteiger partial charge in [0.25, 0.3) is 5.91 Å². The minimum absolute atomic E-state index is 0.00631. The lowest BCUT2D eigenvalue weighted by atomic mass is 9.94. The molecule has 3 aliphatic heterocycles. The van der Waals surface area contributed by atoms with Gasteiger partial charge in [0.1, 0.15) is 11.6 Å². The molecule has 2 amide bonds. The number of piperazine rings is 1. The number of aryl methyl sites for hydroxylation is 1. The van der Waals surface area contributed by atoms with Gasteiger partial charge in [0.05, 0.1) is 30.0 Å². The summed E-state index contributed by atoms with van der Waals surface area (Å²) < 4.78 is 14.9. The molecule has 0 N–H and O–H groups in total. The Kier molecular flexibility index (Phi) is 5.00. The van der Waals surface area contributed by atoms with Crippen molar-refractivity contribution in [1.29, 1.82) is 0 Å². The van der Waals surface area contributed by atoms with E-state index in [0.29, 0.717) is 18.7 Å². The summed E-state index contributed by atoms with van der Waals surface area (Å²) in [5, 5.41) is 5.21. The van der Waals surface area contributed by atoms with Crippen LogP contribution in [0.25, 0.3) is 10.9 Å². The van der Waals surface area contributed by atoms with Crippen LogP contribution in [0.2, 0.25) is 0 Å². The van der Waals surface area contributed by atoms with Crippen LogP contribution in [0.3, 0.4) is 0 Å². The molecule has 2 bridgehead atoms. The SMILES string of the molecule is Cn1ncc2cc(C(=O)N3C[C@@H]4C[C@H]3CN4C(=O)C3CCN(c4ccc(F)cn4)CC3)ccc21. The number of likely N-dealkylation sites (tertiary alicyclic amines) is 2. The predicted octanol–water partition coefficient (Wildman–Crippen LogP) is 2.45. The van der Waals surface area contributed by atoms with Crippen molar-refractivity contribution >= 4 is 28.5 Å². The third kappa shape index (κ3) is 3.50. The third-order valence-corrected chi connectivity index (χ3v) is 7.66. The number of piperidine rings is 1. The number of hydrogen-bond acceptors (Lipinski definition) is 5. The van der Waals surface area contributed by atoms with E-state index in [0.717, 1.165) is 49.1 Å². The predicted molar refractivity (Wildman–Crippen MR) is 125 cm³/mol. The van der Waals surface area contributed by atoms with Crippen molar-refractivity contribution in [2.75, 3.05) is 31.1 Å². The Morgan fingerprint density at radius 1 is 1.00 bits per heavy atom. The van der Waals surface area contributed by atoms with Crippen molar-refractivity contribution in [1.82, 2.24) is 24.6 Å². The molecule has 9 heteroatoms. The van der Waals surface area contributed by atoms with Crippen LogP contribution in [0.1, 0.15) is 29.6 Å². The van der Waals surface area contributed by atoms with Gasteiger partial charge in [-0.3, -0.25) is 14.3 Å².